The Balaban J connectivity index is 3.26. The molecule has 0 heterocycles. The maximum Gasteiger partial charge on any atom is 0.217 e. The quantitative estimate of drug-likeness (QED) is 0.575. The lowest BCUT2D eigenvalue weighted by Crippen LogP contribution is -2.21. The topological polar surface area (TPSA) is 58.2 Å². The van der Waals surface area contributed by atoms with E-state index < -0.39 is 0 Å². The van der Waals surface area contributed by atoms with E-state index in [1.165, 1.54) is 13.8 Å². The second kappa shape index (κ2) is 6.39. The van der Waals surface area contributed by atoms with Gasteiger partial charge in [-0.3, -0.25) is 9.59 Å². The highest BCUT2D eigenvalue weighted by atomic mass is 16.1. The highest BCUT2D eigenvalue weighted by Crippen LogP contribution is 1.70. The smallest absolute Gasteiger partial charge is 0.217 e. The molecular weight excluding hydrogens is 156 g/mol. The summed E-state index contributed by atoms with van der Waals surface area (Å²) in [5.41, 5.74) is 0. The number of carbonyl (C=O) groups excluding carboxylic acids is 2. The molecule has 0 spiro atoms. The number of hydrogen-bond donors (Lipinski definition) is 2. The van der Waals surface area contributed by atoms with Crippen molar-refractivity contribution < 1.29 is 9.59 Å². The normalized spacial score (nSPS) is 9.83. The first-order chi connectivity index (χ1) is 5.63. The average molecular weight is 170 g/mol. The van der Waals surface area contributed by atoms with Crippen molar-refractivity contribution in [2.75, 3.05) is 13.1 Å². The summed E-state index contributed by atoms with van der Waals surface area (Å²) in [5.74, 6) is -0.113. The molecule has 12 heavy (non-hydrogen) atoms. The van der Waals surface area contributed by atoms with Gasteiger partial charge in [-0.05, 0) is 0 Å². The lowest BCUT2D eigenvalue weighted by atomic mass is 10.4. The summed E-state index contributed by atoms with van der Waals surface area (Å²) in [6.45, 7) is 3.94. The molecule has 4 nitrogen and oxygen atoms in total. The van der Waals surface area contributed by atoms with Crippen molar-refractivity contribution in [1.29, 1.82) is 0 Å². The van der Waals surface area contributed by atoms with Gasteiger partial charge in [-0.15, -0.1) is 0 Å². The van der Waals surface area contributed by atoms with Crippen LogP contribution in [-0.4, -0.2) is 24.9 Å². The Labute approximate surface area is 72.0 Å². The lowest BCUT2D eigenvalue weighted by molar-refractivity contribution is -0.119. The minimum absolute atomic E-state index is 0.0563. The maximum atomic E-state index is 10.4. The van der Waals surface area contributed by atoms with Crippen LogP contribution in [0.1, 0.15) is 13.8 Å². The molecule has 0 radical (unpaired) electrons. The van der Waals surface area contributed by atoms with Gasteiger partial charge >= 0.3 is 0 Å². The third kappa shape index (κ3) is 8.68. The van der Waals surface area contributed by atoms with Gasteiger partial charge in [0.05, 0.1) is 0 Å². The van der Waals surface area contributed by atoms with Crippen LogP contribution in [0.2, 0.25) is 0 Å². The van der Waals surface area contributed by atoms with Crippen LogP contribution < -0.4 is 10.6 Å². The molecule has 0 aromatic heterocycles. The van der Waals surface area contributed by atoms with Crippen LogP contribution in [0.4, 0.5) is 0 Å². The molecule has 0 unspecified atom stereocenters. The molecule has 0 rings (SSSR count). The summed E-state index contributed by atoms with van der Waals surface area (Å²) in [7, 11) is 0. The fourth-order valence-electron chi connectivity index (χ4n) is 0.572. The van der Waals surface area contributed by atoms with Crippen LogP contribution in [0.25, 0.3) is 0 Å². The summed E-state index contributed by atoms with van der Waals surface area (Å²) in [4.78, 5) is 20.7. The Morgan fingerprint density at radius 2 is 1.33 bits per heavy atom. The minimum Gasteiger partial charge on any atom is -0.353 e. The molecule has 2 N–H and O–H groups in total. The monoisotopic (exact) mass is 170 g/mol. The summed E-state index contributed by atoms with van der Waals surface area (Å²) in [5, 5.41) is 5.19. The molecule has 0 aliphatic heterocycles. The van der Waals surface area contributed by atoms with Crippen LogP contribution in [0.3, 0.4) is 0 Å². The number of hydrogen-bond acceptors (Lipinski definition) is 2. The third-order valence-corrected chi connectivity index (χ3v) is 1.10. The molecule has 0 fully saturated rings. The van der Waals surface area contributed by atoms with Crippen molar-refractivity contribution in [2.45, 2.75) is 13.8 Å². The van der Waals surface area contributed by atoms with Crippen molar-refractivity contribution in [3.8, 4) is 0 Å². The Hall–Kier alpha value is -1.32. The fraction of sp³-hybridized carbons (Fsp3) is 0.500. The molecule has 0 aliphatic carbocycles. The first-order valence-corrected chi connectivity index (χ1v) is 3.77. The van der Waals surface area contributed by atoms with E-state index in [-0.39, 0.29) is 11.8 Å². The number of amides is 2. The SMILES string of the molecule is CC(=O)NCC=CCNC(C)=O. The molecule has 0 saturated heterocycles. The standard InChI is InChI=1S/C8H14N2O2/c1-7(11)9-5-3-4-6-10-8(2)12/h3-4H,5-6H2,1-2H3,(H,9,11)(H,10,12). The summed E-state index contributed by atoms with van der Waals surface area (Å²) >= 11 is 0. The van der Waals surface area contributed by atoms with Gasteiger partial charge in [0.15, 0.2) is 0 Å². The van der Waals surface area contributed by atoms with Crippen molar-refractivity contribution >= 4 is 11.8 Å². The summed E-state index contributed by atoms with van der Waals surface area (Å²) in [6.07, 6.45) is 3.58. The van der Waals surface area contributed by atoms with Crippen LogP contribution >= 0.6 is 0 Å². The van der Waals surface area contributed by atoms with E-state index in [0.29, 0.717) is 13.1 Å². The van der Waals surface area contributed by atoms with Gasteiger partial charge < -0.3 is 10.6 Å². The first-order valence-electron chi connectivity index (χ1n) is 3.77. The van der Waals surface area contributed by atoms with Crippen LogP contribution in [-0.2, 0) is 9.59 Å². The fourth-order valence-corrected chi connectivity index (χ4v) is 0.572. The van der Waals surface area contributed by atoms with Crippen molar-refractivity contribution in [3.05, 3.63) is 12.2 Å². The second-order valence-corrected chi connectivity index (χ2v) is 2.35. The molecule has 4 heteroatoms. The highest BCUT2D eigenvalue weighted by molar-refractivity contribution is 5.73. The van der Waals surface area contributed by atoms with Crippen molar-refractivity contribution in [1.82, 2.24) is 10.6 Å². The molecule has 0 bridgehead atoms. The van der Waals surface area contributed by atoms with E-state index in [2.05, 4.69) is 10.6 Å². The average Bonchev–Trinajstić information content (AvgIpc) is 1.95. The van der Waals surface area contributed by atoms with Gasteiger partial charge in [0, 0.05) is 26.9 Å². The molecule has 68 valence electrons. The molecule has 2 amide bonds. The minimum atomic E-state index is -0.0563. The summed E-state index contributed by atoms with van der Waals surface area (Å²) < 4.78 is 0. The van der Waals surface area contributed by atoms with Crippen molar-refractivity contribution in [2.24, 2.45) is 0 Å². The Morgan fingerprint density at radius 1 is 1.00 bits per heavy atom. The third-order valence-electron chi connectivity index (χ3n) is 1.10. The molecule has 0 aromatic carbocycles. The van der Waals surface area contributed by atoms with E-state index >= 15 is 0 Å². The zero-order valence-corrected chi connectivity index (χ0v) is 7.39. The first kappa shape index (κ1) is 10.7. The predicted octanol–water partition coefficient (Wildman–Crippen LogP) is -0.185. The Bertz CT molecular complexity index is 167. The second-order valence-electron chi connectivity index (χ2n) is 2.35. The maximum absolute atomic E-state index is 10.4. The van der Waals surface area contributed by atoms with Gasteiger partial charge in [0.25, 0.3) is 0 Å². The van der Waals surface area contributed by atoms with Crippen LogP contribution in [0.15, 0.2) is 12.2 Å². The zero-order chi connectivity index (χ0) is 9.40. The van der Waals surface area contributed by atoms with Crippen molar-refractivity contribution in [3.63, 3.8) is 0 Å². The molecule has 0 saturated carbocycles. The van der Waals surface area contributed by atoms with E-state index in [1.807, 2.05) is 0 Å². The molecule has 0 aliphatic rings. The van der Waals surface area contributed by atoms with Gasteiger partial charge in [-0.25, -0.2) is 0 Å². The Morgan fingerprint density at radius 3 is 1.58 bits per heavy atom. The van der Waals surface area contributed by atoms with E-state index in [9.17, 15) is 9.59 Å². The molecule has 0 atom stereocenters. The van der Waals surface area contributed by atoms with Crippen LogP contribution in [0, 0.1) is 0 Å². The molecule has 0 aromatic rings. The Kier molecular flexibility index (Phi) is 5.69. The number of carbonyl (C=O) groups is 2. The van der Waals surface area contributed by atoms with E-state index in [1.54, 1.807) is 12.2 Å². The number of rotatable bonds is 4. The molecular formula is C8H14N2O2. The van der Waals surface area contributed by atoms with E-state index in [0.717, 1.165) is 0 Å². The largest absolute Gasteiger partial charge is 0.353 e. The van der Waals surface area contributed by atoms with Gasteiger partial charge in [-0.1, -0.05) is 12.2 Å². The van der Waals surface area contributed by atoms with E-state index in [4.69, 9.17) is 0 Å². The zero-order valence-electron chi connectivity index (χ0n) is 7.39. The van der Waals surface area contributed by atoms with Gasteiger partial charge in [0.1, 0.15) is 0 Å². The van der Waals surface area contributed by atoms with Gasteiger partial charge in [0.2, 0.25) is 11.8 Å². The highest BCUT2D eigenvalue weighted by Gasteiger charge is 1.85. The van der Waals surface area contributed by atoms with Gasteiger partial charge in [-0.2, -0.15) is 0 Å². The number of nitrogens with one attached hydrogen (secondary N) is 2. The summed E-state index contributed by atoms with van der Waals surface area (Å²) in [6, 6.07) is 0. The predicted molar refractivity (Wildman–Crippen MR) is 46.5 cm³/mol. The lowest BCUT2D eigenvalue weighted by Gasteiger charge is -1.96. The van der Waals surface area contributed by atoms with Crippen LogP contribution in [0.5, 0.6) is 0 Å².